The maximum atomic E-state index is 12.7. The lowest BCUT2D eigenvalue weighted by Crippen LogP contribution is -2.46. The maximum Gasteiger partial charge on any atom is 0.263 e. The molecule has 0 aliphatic carbocycles. The van der Waals surface area contributed by atoms with E-state index in [-0.39, 0.29) is 0 Å². The molecule has 9 nitrogen and oxygen atoms in total. The maximum absolute atomic E-state index is 12.7. The van der Waals surface area contributed by atoms with E-state index in [1.807, 2.05) is 13.8 Å². The van der Waals surface area contributed by atoms with Crippen molar-refractivity contribution in [3.8, 4) is 17.2 Å². The molecule has 0 saturated carbocycles. The first kappa shape index (κ1) is 26.0. The summed E-state index contributed by atoms with van der Waals surface area (Å²) in [6.07, 6.45) is 3.37. The molecule has 10 heteroatoms. The van der Waals surface area contributed by atoms with Gasteiger partial charge in [0.05, 0.1) is 38.5 Å². The van der Waals surface area contributed by atoms with E-state index in [0.717, 1.165) is 17.0 Å². The van der Waals surface area contributed by atoms with Crippen LogP contribution in [-0.2, 0) is 14.8 Å². The highest BCUT2D eigenvalue weighted by Crippen LogP contribution is 2.28. The first-order valence-corrected chi connectivity index (χ1v) is 12.4. The first-order valence-electron chi connectivity index (χ1n) is 10.6. The average Bonchev–Trinajstić information content (AvgIpc) is 2.78. The van der Waals surface area contributed by atoms with Crippen LogP contribution in [0, 0.1) is 0 Å². The second kappa shape index (κ2) is 12.1. The number of hydrogen-bond acceptors (Lipinski definition) is 7. The molecule has 0 aliphatic heterocycles. The van der Waals surface area contributed by atoms with E-state index in [1.165, 1.54) is 20.2 Å². The highest BCUT2D eigenvalue weighted by molar-refractivity contribution is 7.92. The van der Waals surface area contributed by atoms with Gasteiger partial charge in [0.25, 0.3) is 5.91 Å². The van der Waals surface area contributed by atoms with Crippen molar-refractivity contribution >= 4 is 27.8 Å². The summed E-state index contributed by atoms with van der Waals surface area (Å²) in [5.74, 6) is 1.21. The molecular weight excluding hydrogens is 446 g/mol. The number of nitrogens with zero attached hydrogens (tertiary/aromatic N) is 2. The van der Waals surface area contributed by atoms with Gasteiger partial charge in [-0.2, -0.15) is 5.10 Å². The molecule has 0 saturated heterocycles. The zero-order valence-corrected chi connectivity index (χ0v) is 20.4. The summed E-state index contributed by atoms with van der Waals surface area (Å²) in [6.45, 7) is 6.44. The van der Waals surface area contributed by atoms with E-state index in [4.69, 9.17) is 14.2 Å². The lowest BCUT2D eigenvalue weighted by molar-refractivity contribution is -0.121. The first-order chi connectivity index (χ1) is 15.7. The van der Waals surface area contributed by atoms with Crippen LogP contribution in [0.15, 0.2) is 47.6 Å². The van der Waals surface area contributed by atoms with E-state index in [0.29, 0.717) is 41.7 Å². The highest BCUT2D eigenvalue weighted by Gasteiger charge is 2.29. The second-order valence-electron chi connectivity index (χ2n) is 7.15. The molecule has 1 amide bonds. The number of anilines is 1. The third kappa shape index (κ3) is 7.38. The Labute approximate surface area is 195 Å². The van der Waals surface area contributed by atoms with E-state index >= 15 is 0 Å². The number of carbonyl (C=O) groups excluding carboxylic acids is 1. The van der Waals surface area contributed by atoms with Gasteiger partial charge < -0.3 is 14.2 Å². The molecule has 1 N–H and O–H groups in total. The van der Waals surface area contributed by atoms with Crippen LogP contribution in [0.2, 0.25) is 0 Å². The van der Waals surface area contributed by atoms with Crippen LogP contribution >= 0.6 is 0 Å². The number of hydrogen-bond donors (Lipinski definition) is 1. The summed E-state index contributed by atoms with van der Waals surface area (Å²) < 4.78 is 42.2. The smallest absolute Gasteiger partial charge is 0.263 e. The summed E-state index contributed by atoms with van der Waals surface area (Å²) in [5.41, 5.74) is 3.43. The molecular formula is C23H31N3O6S. The number of amides is 1. The van der Waals surface area contributed by atoms with Crippen LogP contribution in [0.25, 0.3) is 0 Å². The number of methoxy groups -OCH3 is 1. The van der Waals surface area contributed by atoms with Crippen molar-refractivity contribution in [1.29, 1.82) is 0 Å². The van der Waals surface area contributed by atoms with Gasteiger partial charge in [0, 0.05) is 0 Å². The molecule has 0 spiro atoms. The van der Waals surface area contributed by atoms with Crippen molar-refractivity contribution in [2.75, 3.05) is 30.9 Å². The normalized spacial score (nSPS) is 12.3. The minimum absolute atomic E-state index is 0.342. The predicted octanol–water partition coefficient (Wildman–Crippen LogP) is 3.19. The molecule has 0 aromatic heterocycles. The van der Waals surface area contributed by atoms with Crippen molar-refractivity contribution in [3.63, 3.8) is 0 Å². The summed E-state index contributed by atoms with van der Waals surface area (Å²) >= 11 is 0. The Bertz CT molecular complexity index is 1050. The Morgan fingerprint density at radius 1 is 1.12 bits per heavy atom. The number of nitrogens with one attached hydrogen (secondary N) is 1. The van der Waals surface area contributed by atoms with Gasteiger partial charge >= 0.3 is 0 Å². The molecule has 1 unspecified atom stereocenters. The number of benzene rings is 2. The van der Waals surface area contributed by atoms with Crippen LogP contribution in [0.3, 0.4) is 0 Å². The molecule has 0 radical (unpaired) electrons. The van der Waals surface area contributed by atoms with E-state index in [1.54, 1.807) is 42.5 Å². The van der Waals surface area contributed by atoms with Gasteiger partial charge in [-0.15, -0.1) is 0 Å². The molecule has 0 fully saturated rings. The fraction of sp³-hybridized carbons (Fsp3) is 0.391. The number of hydrazone groups is 1. The fourth-order valence-corrected chi connectivity index (χ4v) is 4.18. The lowest BCUT2D eigenvalue weighted by Gasteiger charge is -2.27. The molecule has 2 rings (SSSR count). The molecule has 0 aliphatic rings. The fourth-order valence-electron chi connectivity index (χ4n) is 3.01. The summed E-state index contributed by atoms with van der Waals surface area (Å²) in [4.78, 5) is 12.7. The number of sulfonamides is 1. The largest absolute Gasteiger partial charge is 0.497 e. The Kier molecular flexibility index (Phi) is 9.53. The van der Waals surface area contributed by atoms with Gasteiger partial charge in [-0.25, -0.2) is 13.8 Å². The van der Waals surface area contributed by atoms with E-state index in [9.17, 15) is 13.2 Å². The summed E-state index contributed by atoms with van der Waals surface area (Å²) in [5, 5.41) is 3.98. The molecule has 0 bridgehead atoms. The van der Waals surface area contributed by atoms with Gasteiger partial charge in [-0.3, -0.25) is 9.10 Å². The second-order valence-corrected chi connectivity index (χ2v) is 9.01. The Balaban J connectivity index is 2.14. The predicted molar refractivity (Wildman–Crippen MR) is 129 cm³/mol. The van der Waals surface area contributed by atoms with Crippen LogP contribution in [-0.4, -0.2) is 53.2 Å². The van der Waals surface area contributed by atoms with Gasteiger partial charge in [-0.05, 0) is 68.3 Å². The lowest BCUT2D eigenvalue weighted by atomic mass is 10.2. The van der Waals surface area contributed by atoms with Crippen LogP contribution in [0.5, 0.6) is 17.2 Å². The van der Waals surface area contributed by atoms with E-state index in [2.05, 4.69) is 10.5 Å². The topological polar surface area (TPSA) is 107 Å². The summed E-state index contributed by atoms with van der Waals surface area (Å²) in [6, 6.07) is 10.7. The van der Waals surface area contributed by atoms with Crippen molar-refractivity contribution in [2.24, 2.45) is 5.10 Å². The minimum Gasteiger partial charge on any atom is -0.497 e. The molecule has 0 heterocycles. The summed E-state index contributed by atoms with van der Waals surface area (Å²) in [7, 11) is -2.22. The Hall–Kier alpha value is -3.27. The third-order valence-corrected chi connectivity index (χ3v) is 5.77. The average molecular weight is 478 g/mol. The molecule has 1 atom stereocenters. The van der Waals surface area contributed by atoms with Gasteiger partial charge in [-0.1, -0.05) is 6.92 Å². The number of carbonyl (C=O) groups is 1. The zero-order chi connectivity index (χ0) is 24.4. The minimum atomic E-state index is -3.73. The van der Waals surface area contributed by atoms with Crippen LogP contribution in [0.1, 0.15) is 32.8 Å². The van der Waals surface area contributed by atoms with Crippen LogP contribution in [0.4, 0.5) is 5.69 Å². The van der Waals surface area contributed by atoms with Crippen molar-refractivity contribution in [1.82, 2.24) is 5.43 Å². The molecule has 2 aromatic rings. The monoisotopic (exact) mass is 477 g/mol. The zero-order valence-electron chi connectivity index (χ0n) is 19.6. The van der Waals surface area contributed by atoms with Crippen molar-refractivity contribution < 1.29 is 27.4 Å². The number of rotatable bonds is 12. The molecule has 33 heavy (non-hydrogen) atoms. The third-order valence-electron chi connectivity index (χ3n) is 4.53. The Morgan fingerprint density at radius 2 is 1.82 bits per heavy atom. The highest BCUT2D eigenvalue weighted by atomic mass is 32.2. The Morgan fingerprint density at radius 3 is 2.39 bits per heavy atom. The molecule has 2 aromatic carbocycles. The standard InChI is InChI=1S/C23H31N3O6S/c1-6-14-32-21-13-8-18(15-22(21)31-7-2)16-24-25-23(27)17(3)26(33(5,28)29)19-9-11-20(30-4)12-10-19/h8-13,15-17H,6-7,14H2,1-5H3,(H,25,27)/b24-16+. The SMILES string of the molecule is CCCOc1ccc(/C=N/NC(=O)C(C)N(c2ccc(OC)cc2)S(C)(=O)=O)cc1OCC. The van der Waals surface area contributed by atoms with Crippen molar-refractivity contribution in [3.05, 3.63) is 48.0 Å². The van der Waals surface area contributed by atoms with Gasteiger partial charge in [0.2, 0.25) is 10.0 Å². The number of ether oxygens (including phenoxy) is 3. The van der Waals surface area contributed by atoms with Gasteiger partial charge in [0.1, 0.15) is 11.8 Å². The quantitative estimate of drug-likeness (QED) is 0.372. The molecule has 180 valence electrons. The van der Waals surface area contributed by atoms with E-state index < -0.39 is 22.0 Å². The van der Waals surface area contributed by atoms with Gasteiger partial charge in [0.15, 0.2) is 11.5 Å². The van der Waals surface area contributed by atoms with Crippen LogP contribution < -0.4 is 23.9 Å². The van der Waals surface area contributed by atoms with Crippen molar-refractivity contribution in [2.45, 2.75) is 33.2 Å².